The minimum Gasteiger partial charge on any atom is -0.507 e. The highest BCUT2D eigenvalue weighted by Crippen LogP contribution is 2.33. The predicted octanol–water partition coefficient (Wildman–Crippen LogP) is 4.17. The van der Waals surface area contributed by atoms with Crippen LogP contribution < -0.4 is 4.74 Å². The fraction of sp³-hybridized carbons (Fsp3) is 0.316. The number of hydrogen-bond donors (Lipinski definition) is 2. The van der Waals surface area contributed by atoms with Gasteiger partial charge in [0.2, 0.25) is 0 Å². The lowest BCUT2D eigenvalue weighted by molar-refractivity contribution is 0.0977. The normalized spacial score (nSPS) is 10.0. The van der Waals surface area contributed by atoms with Crippen molar-refractivity contribution in [3.63, 3.8) is 0 Å². The van der Waals surface area contributed by atoms with Crippen molar-refractivity contribution in [2.45, 2.75) is 34.1 Å². The Labute approximate surface area is 137 Å². The summed E-state index contributed by atoms with van der Waals surface area (Å²) in [5, 5.41) is 19.8. The van der Waals surface area contributed by atoms with Crippen LogP contribution in [0.3, 0.4) is 0 Å². The lowest BCUT2D eigenvalue weighted by atomic mass is 9.99. The van der Waals surface area contributed by atoms with Gasteiger partial charge < -0.3 is 14.9 Å². The molecule has 0 aliphatic heterocycles. The predicted molar refractivity (Wildman–Crippen MR) is 91.6 cm³/mol. The van der Waals surface area contributed by atoms with Gasteiger partial charge >= 0.3 is 0 Å². The number of methoxy groups -OCH3 is 1. The highest BCUT2D eigenvalue weighted by molar-refractivity contribution is 6.01. The van der Waals surface area contributed by atoms with Crippen molar-refractivity contribution in [1.29, 1.82) is 0 Å². The number of carbonyl (C=O) groups is 1. The van der Waals surface area contributed by atoms with E-state index in [1.165, 1.54) is 30.4 Å². The van der Waals surface area contributed by atoms with E-state index in [1.54, 1.807) is 0 Å². The third-order valence-electron chi connectivity index (χ3n) is 3.80. The van der Waals surface area contributed by atoms with E-state index in [9.17, 15) is 15.0 Å². The van der Waals surface area contributed by atoms with Gasteiger partial charge in [0.15, 0.2) is 5.78 Å². The molecule has 0 aliphatic carbocycles. The molecule has 0 saturated heterocycles. The number of rotatable bonds is 5. The highest BCUT2D eigenvalue weighted by atomic mass is 16.5. The Morgan fingerprint density at radius 1 is 1.04 bits per heavy atom. The van der Waals surface area contributed by atoms with Crippen molar-refractivity contribution in [1.82, 2.24) is 0 Å². The Balaban J connectivity index is 0.00000264. The average molecular weight is 316 g/mol. The molecule has 0 spiro atoms. The van der Waals surface area contributed by atoms with Crippen LogP contribution in [-0.4, -0.2) is 23.1 Å². The first kappa shape index (κ1) is 18.6. The molecule has 0 bridgehead atoms. The fourth-order valence-corrected chi connectivity index (χ4v) is 2.33. The highest BCUT2D eigenvalue weighted by Gasteiger charge is 2.18. The molecule has 2 aromatic rings. The number of aryl methyl sites for hydroxylation is 3. The Kier molecular flexibility index (Phi) is 6.19. The van der Waals surface area contributed by atoms with E-state index < -0.39 is 0 Å². The van der Waals surface area contributed by atoms with Crippen LogP contribution in [-0.2, 0) is 6.42 Å². The SMILES string of the molecule is C.COc1cc(O)c(C(=O)CCc2ccc(C)c(C)c2)c(O)c1. The second-order valence-corrected chi connectivity index (χ2v) is 5.38. The van der Waals surface area contributed by atoms with E-state index in [4.69, 9.17) is 4.74 Å². The minimum absolute atomic E-state index is 0. The zero-order chi connectivity index (χ0) is 16.3. The maximum atomic E-state index is 12.3. The first-order valence-electron chi connectivity index (χ1n) is 7.11. The Morgan fingerprint density at radius 3 is 2.17 bits per heavy atom. The number of Topliss-reactive ketones (excluding diaryl/α,β-unsaturated/α-hetero) is 1. The number of hydrogen-bond acceptors (Lipinski definition) is 4. The Bertz CT molecular complexity index is 682. The summed E-state index contributed by atoms with van der Waals surface area (Å²) in [4.78, 5) is 12.3. The minimum atomic E-state index is -0.295. The molecular weight excluding hydrogens is 292 g/mol. The van der Waals surface area contributed by atoms with Crippen molar-refractivity contribution >= 4 is 5.78 Å². The maximum Gasteiger partial charge on any atom is 0.170 e. The quantitative estimate of drug-likeness (QED) is 0.812. The lowest BCUT2D eigenvalue weighted by Gasteiger charge is -2.09. The number of benzene rings is 2. The molecular formula is C19H24O4. The van der Waals surface area contributed by atoms with E-state index in [2.05, 4.69) is 6.07 Å². The standard InChI is InChI=1S/C18H20O4.CH4/c1-11-4-5-13(8-12(11)2)6-7-15(19)18-16(20)9-14(22-3)10-17(18)21;/h4-5,8-10,20-21H,6-7H2,1-3H3;1H4. The second kappa shape index (κ2) is 7.68. The number of carbonyl (C=O) groups excluding carboxylic acids is 1. The van der Waals surface area contributed by atoms with Crippen LogP contribution in [0.2, 0.25) is 0 Å². The summed E-state index contributed by atoms with van der Waals surface area (Å²) < 4.78 is 4.93. The van der Waals surface area contributed by atoms with Crippen LogP contribution in [0.5, 0.6) is 17.2 Å². The summed E-state index contributed by atoms with van der Waals surface area (Å²) in [5.74, 6) is -0.513. The first-order valence-corrected chi connectivity index (χ1v) is 7.11. The third kappa shape index (κ3) is 4.25. The van der Waals surface area contributed by atoms with E-state index >= 15 is 0 Å². The topological polar surface area (TPSA) is 66.8 Å². The van der Waals surface area contributed by atoms with Gasteiger partial charge in [-0.25, -0.2) is 0 Å². The van der Waals surface area contributed by atoms with Gasteiger partial charge in [-0.2, -0.15) is 0 Å². The molecule has 4 heteroatoms. The van der Waals surface area contributed by atoms with Crippen LogP contribution in [0.15, 0.2) is 30.3 Å². The number of phenols is 2. The molecule has 0 fully saturated rings. The molecule has 0 saturated carbocycles. The van der Waals surface area contributed by atoms with Crippen molar-refractivity contribution in [3.05, 3.63) is 52.6 Å². The molecule has 2 N–H and O–H groups in total. The summed E-state index contributed by atoms with van der Waals surface area (Å²) in [7, 11) is 1.43. The fourth-order valence-electron chi connectivity index (χ4n) is 2.33. The molecule has 0 atom stereocenters. The van der Waals surface area contributed by atoms with Crippen molar-refractivity contribution in [2.75, 3.05) is 7.11 Å². The van der Waals surface area contributed by atoms with Gasteiger partial charge in [0.25, 0.3) is 0 Å². The van der Waals surface area contributed by atoms with Crippen LogP contribution >= 0.6 is 0 Å². The number of ether oxygens (including phenoxy) is 1. The van der Waals surface area contributed by atoms with Crippen LogP contribution in [0.25, 0.3) is 0 Å². The zero-order valence-electron chi connectivity index (χ0n) is 13.0. The average Bonchev–Trinajstić information content (AvgIpc) is 2.47. The van der Waals surface area contributed by atoms with Crippen molar-refractivity contribution < 1.29 is 19.7 Å². The molecule has 124 valence electrons. The molecule has 2 rings (SSSR count). The number of ketones is 1. The van der Waals surface area contributed by atoms with E-state index in [0.717, 1.165) is 5.56 Å². The molecule has 23 heavy (non-hydrogen) atoms. The van der Waals surface area contributed by atoms with Gasteiger partial charge in [-0.3, -0.25) is 4.79 Å². The Morgan fingerprint density at radius 2 is 1.65 bits per heavy atom. The largest absolute Gasteiger partial charge is 0.507 e. The van der Waals surface area contributed by atoms with Crippen molar-refractivity contribution in [2.24, 2.45) is 0 Å². The number of aromatic hydroxyl groups is 2. The van der Waals surface area contributed by atoms with Gasteiger partial charge in [0.1, 0.15) is 22.8 Å². The summed E-state index contributed by atoms with van der Waals surface area (Å²) in [5.41, 5.74) is 3.40. The molecule has 0 unspecified atom stereocenters. The molecule has 2 aromatic carbocycles. The summed E-state index contributed by atoms with van der Waals surface area (Å²) in [6.45, 7) is 4.07. The van der Waals surface area contributed by atoms with Crippen LogP contribution in [0.1, 0.15) is 40.9 Å². The molecule has 0 radical (unpaired) electrons. The molecule has 4 nitrogen and oxygen atoms in total. The van der Waals surface area contributed by atoms with Gasteiger partial charge in [0, 0.05) is 18.6 Å². The first-order chi connectivity index (χ1) is 10.4. The van der Waals surface area contributed by atoms with Gasteiger partial charge in [-0.15, -0.1) is 0 Å². The lowest BCUT2D eigenvalue weighted by Crippen LogP contribution is -2.03. The van der Waals surface area contributed by atoms with Gasteiger partial charge in [-0.1, -0.05) is 25.6 Å². The van der Waals surface area contributed by atoms with E-state index in [-0.39, 0.29) is 36.7 Å². The van der Waals surface area contributed by atoms with Crippen LogP contribution in [0.4, 0.5) is 0 Å². The summed E-state index contributed by atoms with van der Waals surface area (Å²) in [6, 6.07) is 8.71. The molecule has 0 heterocycles. The summed E-state index contributed by atoms with van der Waals surface area (Å²) >= 11 is 0. The zero-order valence-corrected chi connectivity index (χ0v) is 13.0. The van der Waals surface area contributed by atoms with E-state index in [1.807, 2.05) is 26.0 Å². The van der Waals surface area contributed by atoms with Gasteiger partial charge in [-0.05, 0) is 37.0 Å². The summed E-state index contributed by atoms with van der Waals surface area (Å²) in [6.07, 6.45) is 0.779. The smallest absolute Gasteiger partial charge is 0.170 e. The Hall–Kier alpha value is -2.49. The molecule has 0 aliphatic rings. The second-order valence-electron chi connectivity index (χ2n) is 5.38. The van der Waals surface area contributed by atoms with Crippen LogP contribution in [0, 0.1) is 13.8 Å². The van der Waals surface area contributed by atoms with Gasteiger partial charge in [0.05, 0.1) is 7.11 Å². The third-order valence-corrected chi connectivity index (χ3v) is 3.80. The van der Waals surface area contributed by atoms with E-state index in [0.29, 0.717) is 12.2 Å². The van der Waals surface area contributed by atoms with Crippen molar-refractivity contribution in [3.8, 4) is 17.2 Å². The molecule has 0 aromatic heterocycles. The maximum absolute atomic E-state index is 12.3. The monoisotopic (exact) mass is 316 g/mol. The number of phenolic OH excluding ortho intramolecular Hbond substituents is 2. The molecule has 0 amide bonds.